The first kappa shape index (κ1) is 14.5. The standard InChI is InChI=1S/C17H24N2O2/c1-12-5-3-4-6-15(12)16-18-13(2)17(20)19(16)11-14-7-9-21-10-8-14/h3-6,13-14,16,18H,7-11H2,1-2H3. The molecule has 114 valence electrons. The van der Waals surface area contributed by atoms with Crippen LogP contribution in [0, 0.1) is 12.8 Å². The fourth-order valence-electron chi connectivity index (χ4n) is 3.33. The third-order valence-corrected chi connectivity index (χ3v) is 4.65. The van der Waals surface area contributed by atoms with Gasteiger partial charge >= 0.3 is 0 Å². The van der Waals surface area contributed by atoms with Crippen molar-refractivity contribution in [3.05, 3.63) is 35.4 Å². The molecule has 2 saturated heterocycles. The highest BCUT2D eigenvalue weighted by molar-refractivity contribution is 5.84. The Hall–Kier alpha value is -1.39. The van der Waals surface area contributed by atoms with Gasteiger partial charge < -0.3 is 9.64 Å². The van der Waals surface area contributed by atoms with Gasteiger partial charge in [0.05, 0.1) is 6.04 Å². The Morgan fingerprint density at radius 3 is 2.71 bits per heavy atom. The van der Waals surface area contributed by atoms with Crippen LogP contribution in [0.3, 0.4) is 0 Å². The van der Waals surface area contributed by atoms with Gasteiger partial charge in [0.25, 0.3) is 0 Å². The monoisotopic (exact) mass is 288 g/mol. The highest BCUT2D eigenvalue weighted by atomic mass is 16.5. The maximum Gasteiger partial charge on any atom is 0.241 e. The molecule has 1 aromatic rings. The highest BCUT2D eigenvalue weighted by Gasteiger charge is 2.38. The average molecular weight is 288 g/mol. The molecule has 2 aliphatic rings. The predicted octanol–water partition coefficient (Wildman–Crippen LogP) is 2.24. The maximum atomic E-state index is 12.5. The van der Waals surface area contributed by atoms with Crippen LogP contribution in [0.5, 0.6) is 0 Å². The van der Waals surface area contributed by atoms with Crippen molar-refractivity contribution >= 4 is 5.91 Å². The van der Waals surface area contributed by atoms with Gasteiger partial charge in [0.1, 0.15) is 6.17 Å². The van der Waals surface area contributed by atoms with Crippen molar-refractivity contribution in [2.24, 2.45) is 5.92 Å². The Bertz CT molecular complexity index is 511. The normalized spacial score (nSPS) is 27.3. The molecule has 4 nitrogen and oxygen atoms in total. The number of ether oxygens (including phenoxy) is 1. The number of carbonyl (C=O) groups is 1. The number of carbonyl (C=O) groups excluding carboxylic acids is 1. The molecule has 0 aliphatic carbocycles. The van der Waals surface area contributed by atoms with E-state index in [2.05, 4.69) is 24.4 Å². The Balaban J connectivity index is 1.81. The molecule has 1 amide bonds. The van der Waals surface area contributed by atoms with Gasteiger partial charge in [0.15, 0.2) is 0 Å². The molecule has 0 saturated carbocycles. The molecule has 2 atom stereocenters. The van der Waals surface area contributed by atoms with Crippen molar-refractivity contribution < 1.29 is 9.53 Å². The van der Waals surface area contributed by atoms with Crippen LogP contribution >= 0.6 is 0 Å². The highest BCUT2D eigenvalue weighted by Crippen LogP contribution is 2.30. The summed E-state index contributed by atoms with van der Waals surface area (Å²) in [6, 6.07) is 8.22. The Kier molecular flexibility index (Phi) is 4.27. The van der Waals surface area contributed by atoms with Gasteiger partial charge in [-0.05, 0) is 43.7 Å². The van der Waals surface area contributed by atoms with Gasteiger partial charge in [0.2, 0.25) is 5.91 Å². The van der Waals surface area contributed by atoms with E-state index in [1.54, 1.807) is 0 Å². The van der Waals surface area contributed by atoms with E-state index in [0.29, 0.717) is 5.92 Å². The molecule has 2 unspecified atom stereocenters. The fraction of sp³-hybridized carbons (Fsp3) is 0.588. The van der Waals surface area contributed by atoms with Crippen molar-refractivity contribution in [3.8, 4) is 0 Å². The molecule has 0 spiro atoms. The molecule has 4 heteroatoms. The summed E-state index contributed by atoms with van der Waals surface area (Å²) in [4.78, 5) is 14.5. The smallest absolute Gasteiger partial charge is 0.241 e. The first-order chi connectivity index (χ1) is 10.2. The van der Waals surface area contributed by atoms with Crippen LogP contribution in [0.2, 0.25) is 0 Å². The van der Waals surface area contributed by atoms with Crippen LogP contribution in [-0.2, 0) is 9.53 Å². The summed E-state index contributed by atoms with van der Waals surface area (Å²) in [5, 5.41) is 3.45. The summed E-state index contributed by atoms with van der Waals surface area (Å²) in [5.74, 6) is 0.774. The molecule has 2 aliphatic heterocycles. The lowest BCUT2D eigenvalue weighted by Crippen LogP contribution is -2.37. The van der Waals surface area contributed by atoms with E-state index in [1.807, 2.05) is 24.0 Å². The SMILES string of the molecule is Cc1ccccc1C1NC(C)C(=O)N1CC1CCOCC1. The Labute approximate surface area is 126 Å². The molecule has 2 heterocycles. The van der Waals surface area contributed by atoms with Crippen molar-refractivity contribution in [2.75, 3.05) is 19.8 Å². The van der Waals surface area contributed by atoms with Crippen LogP contribution in [0.1, 0.15) is 37.1 Å². The summed E-state index contributed by atoms with van der Waals surface area (Å²) >= 11 is 0. The molecular formula is C17H24N2O2. The predicted molar refractivity (Wildman–Crippen MR) is 81.8 cm³/mol. The zero-order valence-electron chi connectivity index (χ0n) is 12.8. The van der Waals surface area contributed by atoms with Crippen LogP contribution in [0.15, 0.2) is 24.3 Å². The van der Waals surface area contributed by atoms with Gasteiger partial charge in [-0.3, -0.25) is 10.1 Å². The third kappa shape index (κ3) is 2.97. The van der Waals surface area contributed by atoms with Crippen LogP contribution in [0.4, 0.5) is 0 Å². The first-order valence-electron chi connectivity index (χ1n) is 7.86. The second-order valence-corrected chi connectivity index (χ2v) is 6.19. The molecular weight excluding hydrogens is 264 g/mol. The van der Waals surface area contributed by atoms with E-state index >= 15 is 0 Å². The molecule has 0 radical (unpaired) electrons. The minimum atomic E-state index is -0.102. The minimum Gasteiger partial charge on any atom is -0.381 e. The van der Waals surface area contributed by atoms with E-state index in [-0.39, 0.29) is 18.1 Å². The lowest BCUT2D eigenvalue weighted by molar-refractivity contribution is -0.130. The molecule has 3 rings (SSSR count). The molecule has 0 bridgehead atoms. The fourth-order valence-corrected chi connectivity index (χ4v) is 3.33. The number of hydrogen-bond acceptors (Lipinski definition) is 3. The van der Waals surface area contributed by atoms with Gasteiger partial charge in [0, 0.05) is 19.8 Å². The molecule has 1 N–H and O–H groups in total. The van der Waals surface area contributed by atoms with Gasteiger partial charge in [-0.25, -0.2) is 0 Å². The topological polar surface area (TPSA) is 41.6 Å². The summed E-state index contributed by atoms with van der Waals surface area (Å²) in [7, 11) is 0. The first-order valence-corrected chi connectivity index (χ1v) is 7.86. The molecule has 2 fully saturated rings. The maximum absolute atomic E-state index is 12.5. The molecule has 21 heavy (non-hydrogen) atoms. The number of nitrogens with zero attached hydrogens (tertiary/aromatic N) is 1. The minimum absolute atomic E-state index is 0.0107. The number of rotatable bonds is 3. The number of hydrogen-bond donors (Lipinski definition) is 1. The molecule has 0 aromatic heterocycles. The lowest BCUT2D eigenvalue weighted by Gasteiger charge is -2.31. The van der Waals surface area contributed by atoms with E-state index in [4.69, 9.17) is 4.74 Å². The number of benzene rings is 1. The number of amides is 1. The lowest BCUT2D eigenvalue weighted by atomic mass is 9.98. The van der Waals surface area contributed by atoms with E-state index in [0.717, 1.165) is 32.6 Å². The zero-order valence-corrected chi connectivity index (χ0v) is 12.8. The van der Waals surface area contributed by atoms with Gasteiger partial charge in [-0.15, -0.1) is 0 Å². The second kappa shape index (κ2) is 6.16. The van der Waals surface area contributed by atoms with Crippen LogP contribution < -0.4 is 5.32 Å². The Morgan fingerprint density at radius 1 is 1.29 bits per heavy atom. The van der Waals surface area contributed by atoms with E-state index < -0.39 is 0 Å². The summed E-state index contributed by atoms with van der Waals surface area (Å²) < 4.78 is 5.42. The van der Waals surface area contributed by atoms with E-state index in [1.165, 1.54) is 11.1 Å². The number of nitrogens with one attached hydrogen (secondary N) is 1. The van der Waals surface area contributed by atoms with Gasteiger partial charge in [-0.1, -0.05) is 24.3 Å². The van der Waals surface area contributed by atoms with Crippen LogP contribution in [-0.4, -0.2) is 36.6 Å². The zero-order chi connectivity index (χ0) is 14.8. The van der Waals surface area contributed by atoms with Crippen molar-refractivity contribution in [1.29, 1.82) is 0 Å². The van der Waals surface area contributed by atoms with Crippen molar-refractivity contribution in [3.63, 3.8) is 0 Å². The summed E-state index contributed by atoms with van der Waals surface area (Å²) in [6.45, 7) is 6.54. The average Bonchev–Trinajstić information content (AvgIpc) is 2.77. The van der Waals surface area contributed by atoms with Gasteiger partial charge in [-0.2, -0.15) is 0 Å². The van der Waals surface area contributed by atoms with Crippen LogP contribution in [0.25, 0.3) is 0 Å². The summed E-state index contributed by atoms with van der Waals surface area (Å²) in [5.41, 5.74) is 2.44. The third-order valence-electron chi connectivity index (χ3n) is 4.65. The molecule has 1 aromatic carbocycles. The van der Waals surface area contributed by atoms with Crippen molar-refractivity contribution in [2.45, 2.75) is 38.9 Å². The van der Waals surface area contributed by atoms with E-state index in [9.17, 15) is 4.79 Å². The quantitative estimate of drug-likeness (QED) is 0.927. The van der Waals surface area contributed by atoms with Crippen molar-refractivity contribution in [1.82, 2.24) is 10.2 Å². The largest absolute Gasteiger partial charge is 0.381 e. The number of aryl methyl sites for hydroxylation is 1. The summed E-state index contributed by atoms with van der Waals surface area (Å²) in [6.07, 6.45) is 2.12. The Morgan fingerprint density at radius 2 is 2.00 bits per heavy atom. The second-order valence-electron chi connectivity index (χ2n) is 6.19.